The van der Waals surface area contributed by atoms with E-state index >= 15 is 0 Å². The monoisotopic (exact) mass is 741 g/mol. The number of alkyl halides is 3. The van der Waals surface area contributed by atoms with Crippen LogP contribution in [0.3, 0.4) is 0 Å². The van der Waals surface area contributed by atoms with E-state index in [9.17, 15) is 22.8 Å². The largest absolute Gasteiger partial charge is 0.465 e. The van der Waals surface area contributed by atoms with Gasteiger partial charge < -0.3 is 15.8 Å². The predicted molar refractivity (Wildman–Crippen MR) is 191 cm³/mol. The van der Waals surface area contributed by atoms with Crippen LogP contribution in [0.2, 0.25) is 5.02 Å². The Morgan fingerprint density at radius 3 is 2.33 bits per heavy atom. The van der Waals surface area contributed by atoms with Crippen molar-refractivity contribution in [1.29, 1.82) is 0 Å². The van der Waals surface area contributed by atoms with E-state index in [-0.39, 0.29) is 18.5 Å². The molecule has 0 spiro atoms. The fourth-order valence-corrected chi connectivity index (χ4v) is 5.27. The zero-order chi connectivity index (χ0) is 37.8. The fourth-order valence-electron chi connectivity index (χ4n) is 5.06. The van der Waals surface area contributed by atoms with Crippen molar-refractivity contribution in [3.8, 4) is 22.5 Å². The predicted octanol–water partition coefficient (Wildman–Crippen LogP) is 6.79. The lowest BCUT2D eigenvalue weighted by atomic mass is 9.96. The van der Waals surface area contributed by atoms with Crippen molar-refractivity contribution in [2.45, 2.75) is 83.2 Å². The average Bonchev–Trinajstić information content (AvgIpc) is 3.91. The van der Waals surface area contributed by atoms with Crippen LogP contribution < -0.4 is 11.1 Å². The zero-order valence-electron chi connectivity index (χ0n) is 29.6. The zero-order valence-corrected chi connectivity index (χ0v) is 30.4. The third-order valence-corrected chi connectivity index (χ3v) is 9.52. The van der Waals surface area contributed by atoms with Gasteiger partial charge >= 0.3 is 6.18 Å². The number of carbonyl (C=O) groups is 2. The number of hydrogen-bond donors (Lipinski definition) is 3. The molecule has 0 bridgehead atoms. The standard InChI is InChI=1S/C26H23ClN8O3.C5H9F3.C5H11N/c27-21-8-5-17(9-20(21)24-29-13-30-33-24)22(12-38-14-36)35-25(37)23(32-26(35)28)16-3-1-15(2-4-16)18-10-31-34(11-18)19-6-7-19;1-4(2,3)5(6,7)8;1-5(6-2)3-4-5/h1-5,8-11,13-14,19,22-23H,6-7,12H2,(H2,28,32)(H,29,30,33);1-3H3;6H,3-4H2,1-2H3/t22?,23-;;/m1../s1. The van der Waals surface area contributed by atoms with Gasteiger partial charge in [0.05, 0.1) is 28.7 Å². The maximum Gasteiger partial charge on any atom is 0.393 e. The number of guanidine groups is 1. The highest BCUT2D eigenvalue weighted by Crippen LogP contribution is 2.38. The summed E-state index contributed by atoms with van der Waals surface area (Å²) in [5.74, 6) is 0.167. The molecule has 1 unspecified atom stereocenters. The number of hydrogen-bond acceptors (Lipinski definition) is 9. The van der Waals surface area contributed by atoms with E-state index in [1.807, 2.05) is 48.4 Å². The first-order valence-corrected chi connectivity index (χ1v) is 17.2. The normalized spacial score (nSPS) is 18.4. The summed E-state index contributed by atoms with van der Waals surface area (Å²) in [6.07, 6.45) is 6.26. The number of rotatable bonds is 10. The molecule has 12 nitrogen and oxygen atoms in total. The number of amides is 1. The molecule has 2 atom stereocenters. The topological polar surface area (TPSA) is 156 Å². The van der Waals surface area contributed by atoms with E-state index in [4.69, 9.17) is 22.1 Å². The molecule has 0 radical (unpaired) electrons. The first-order chi connectivity index (χ1) is 24.5. The molecule has 16 heteroatoms. The maximum atomic E-state index is 13.6. The van der Waals surface area contributed by atoms with Gasteiger partial charge in [-0.3, -0.25) is 24.3 Å². The molecule has 2 aliphatic carbocycles. The van der Waals surface area contributed by atoms with Gasteiger partial charge in [-0.25, -0.2) is 9.98 Å². The van der Waals surface area contributed by atoms with Crippen molar-refractivity contribution < 1.29 is 27.5 Å². The van der Waals surface area contributed by atoms with Gasteiger partial charge in [-0.2, -0.15) is 23.4 Å². The first kappa shape index (κ1) is 38.5. The number of benzene rings is 2. The maximum absolute atomic E-state index is 13.6. The Bertz CT molecular complexity index is 1850. The number of H-pyrrole nitrogens is 1. The van der Waals surface area contributed by atoms with Crippen LogP contribution in [0.5, 0.6) is 0 Å². The number of ether oxygens (including phenoxy) is 1. The molecule has 4 aromatic rings. The third kappa shape index (κ3) is 9.17. The van der Waals surface area contributed by atoms with E-state index in [0.717, 1.165) is 44.7 Å². The highest BCUT2D eigenvalue weighted by atomic mass is 35.5. The molecule has 3 aliphatic rings. The van der Waals surface area contributed by atoms with E-state index in [1.165, 1.54) is 24.1 Å². The molecule has 3 heterocycles. The Hall–Kier alpha value is -4.76. The summed E-state index contributed by atoms with van der Waals surface area (Å²) in [7, 11) is 2.02. The second-order valence-corrected chi connectivity index (χ2v) is 14.6. The molecule has 7 rings (SSSR count). The molecule has 52 heavy (non-hydrogen) atoms. The number of halogens is 4. The Balaban J connectivity index is 0.000000314. The van der Waals surface area contributed by atoms with E-state index in [2.05, 4.69) is 37.5 Å². The lowest BCUT2D eigenvalue weighted by molar-refractivity contribution is -0.204. The molecule has 2 aromatic heterocycles. The summed E-state index contributed by atoms with van der Waals surface area (Å²) in [6.45, 7) is 5.88. The molecular weight excluding hydrogens is 699 g/mol. The Morgan fingerprint density at radius 2 is 1.81 bits per heavy atom. The lowest BCUT2D eigenvalue weighted by Crippen LogP contribution is -2.42. The highest BCUT2D eigenvalue weighted by Gasteiger charge is 2.43. The average molecular weight is 742 g/mol. The van der Waals surface area contributed by atoms with Gasteiger partial charge in [-0.05, 0) is 68.5 Å². The SMILES string of the molecule is CC(C)(C)C(F)(F)F.CNC1(C)CC1.NC1=N[C@H](c2ccc(-c3cnn(C4CC4)c3)cc2)C(=O)N1C(COC=O)c1ccc(Cl)c(-c2ncn[nH]2)c1. The number of aromatic amines is 1. The van der Waals surface area contributed by atoms with Crippen molar-refractivity contribution in [3.63, 3.8) is 0 Å². The van der Waals surface area contributed by atoms with Crippen molar-refractivity contribution in [2.24, 2.45) is 16.1 Å². The van der Waals surface area contributed by atoms with E-state index in [0.29, 0.717) is 45.6 Å². The van der Waals surface area contributed by atoms with Crippen molar-refractivity contribution in [3.05, 3.63) is 77.3 Å². The molecule has 4 N–H and O–H groups in total. The van der Waals surface area contributed by atoms with Crippen LogP contribution in [-0.2, 0) is 14.3 Å². The summed E-state index contributed by atoms with van der Waals surface area (Å²) >= 11 is 6.38. The molecular formula is C36H43ClF3N9O3. The van der Waals surface area contributed by atoms with Gasteiger partial charge in [-0.1, -0.05) is 62.7 Å². The summed E-state index contributed by atoms with van der Waals surface area (Å²) < 4.78 is 41.8. The minimum Gasteiger partial charge on any atom is -0.465 e. The smallest absolute Gasteiger partial charge is 0.393 e. The minimum atomic E-state index is -4.06. The van der Waals surface area contributed by atoms with Gasteiger partial charge in [-0.15, -0.1) is 0 Å². The summed E-state index contributed by atoms with van der Waals surface area (Å²) in [6, 6.07) is 11.8. The molecule has 2 aromatic carbocycles. The number of aliphatic imine (C=N–C) groups is 1. The highest BCUT2D eigenvalue weighted by molar-refractivity contribution is 6.33. The molecule has 278 valence electrons. The lowest BCUT2D eigenvalue weighted by Gasteiger charge is -2.28. The number of nitrogens with two attached hydrogens (primary N) is 1. The van der Waals surface area contributed by atoms with Crippen LogP contribution in [0, 0.1) is 5.41 Å². The molecule has 0 saturated heterocycles. The van der Waals surface area contributed by atoms with Crippen LogP contribution in [0.15, 0.2) is 66.2 Å². The summed E-state index contributed by atoms with van der Waals surface area (Å²) in [4.78, 5) is 34.7. The van der Waals surface area contributed by atoms with Gasteiger partial charge in [0.2, 0.25) is 0 Å². The minimum absolute atomic E-state index is 0.0328. The Labute approximate surface area is 305 Å². The van der Waals surface area contributed by atoms with Crippen LogP contribution in [0.25, 0.3) is 22.5 Å². The fraction of sp³-hybridized carbons (Fsp3) is 0.444. The number of nitrogens with zero attached hydrogens (tertiary/aromatic N) is 6. The molecule has 1 aliphatic heterocycles. The van der Waals surface area contributed by atoms with Gasteiger partial charge in [0.1, 0.15) is 12.9 Å². The van der Waals surface area contributed by atoms with Crippen LogP contribution in [0.1, 0.15) is 82.6 Å². The summed E-state index contributed by atoms with van der Waals surface area (Å²) in [5, 5.41) is 14.8. The van der Waals surface area contributed by atoms with Crippen molar-refractivity contribution in [1.82, 2.24) is 35.2 Å². The van der Waals surface area contributed by atoms with Gasteiger partial charge in [0, 0.05) is 22.9 Å². The molecule has 2 saturated carbocycles. The van der Waals surface area contributed by atoms with Crippen LogP contribution >= 0.6 is 11.6 Å². The van der Waals surface area contributed by atoms with E-state index < -0.39 is 23.7 Å². The second-order valence-electron chi connectivity index (χ2n) is 14.2. The van der Waals surface area contributed by atoms with Crippen LogP contribution in [0.4, 0.5) is 13.2 Å². The van der Waals surface area contributed by atoms with E-state index in [1.54, 1.807) is 18.2 Å². The van der Waals surface area contributed by atoms with Crippen molar-refractivity contribution in [2.75, 3.05) is 13.7 Å². The second kappa shape index (κ2) is 15.5. The Kier molecular flexibility index (Phi) is 11.4. The first-order valence-electron chi connectivity index (χ1n) is 16.8. The van der Waals surface area contributed by atoms with Gasteiger partial charge in [0.25, 0.3) is 12.4 Å². The van der Waals surface area contributed by atoms with Crippen LogP contribution in [-0.4, -0.2) is 73.6 Å². The Morgan fingerprint density at radius 1 is 1.13 bits per heavy atom. The van der Waals surface area contributed by atoms with Gasteiger partial charge in [0.15, 0.2) is 17.8 Å². The summed E-state index contributed by atoms with van der Waals surface area (Å²) in [5.41, 5.74) is 9.19. The third-order valence-electron chi connectivity index (χ3n) is 9.19. The molecule has 2 fully saturated rings. The number of aromatic nitrogens is 5. The van der Waals surface area contributed by atoms with Crippen molar-refractivity contribution >= 4 is 29.9 Å². The molecule has 1 amide bonds. The number of nitrogens with one attached hydrogen (secondary N) is 2. The quantitative estimate of drug-likeness (QED) is 0.150. The number of carbonyl (C=O) groups excluding carboxylic acids is 2.